The van der Waals surface area contributed by atoms with Crippen LogP contribution in [-0.2, 0) is 0 Å². The van der Waals surface area contributed by atoms with Gasteiger partial charge >= 0.3 is 0 Å². The molecule has 1 aliphatic rings. The third kappa shape index (κ3) is 2.47. The lowest BCUT2D eigenvalue weighted by molar-refractivity contribution is 0.386. The zero-order chi connectivity index (χ0) is 12.4. The van der Waals surface area contributed by atoms with Gasteiger partial charge < -0.3 is 4.74 Å². The summed E-state index contributed by atoms with van der Waals surface area (Å²) in [6.45, 7) is 2.23. The first-order chi connectivity index (χ1) is 8.13. The summed E-state index contributed by atoms with van der Waals surface area (Å²) < 4.78 is 18.7. The fourth-order valence-electron chi connectivity index (χ4n) is 2.15. The summed E-state index contributed by atoms with van der Waals surface area (Å²) in [6, 6.07) is 3.47. The number of halogens is 2. The Kier molecular flexibility index (Phi) is 3.72. The Morgan fingerprint density at radius 3 is 2.76 bits per heavy atom. The van der Waals surface area contributed by atoms with Crippen LogP contribution in [0.4, 0.5) is 4.39 Å². The molecule has 0 aliphatic heterocycles. The highest BCUT2D eigenvalue weighted by Gasteiger charge is 2.17. The SMILES string of the molecule is COc1ccc(C2=CCC(C)CC2)c(Cl)c1F. The standard InChI is InChI=1S/C14H16ClFO/c1-9-3-5-10(6-4-9)11-7-8-12(17-2)14(16)13(11)15/h5,7-9H,3-4,6H2,1-2H3. The van der Waals surface area contributed by atoms with Gasteiger partial charge in [-0.1, -0.05) is 24.6 Å². The number of rotatable bonds is 2. The van der Waals surface area contributed by atoms with Crippen LogP contribution in [0.1, 0.15) is 31.7 Å². The summed E-state index contributed by atoms with van der Waals surface area (Å²) in [5, 5.41) is 0.171. The minimum atomic E-state index is -0.466. The van der Waals surface area contributed by atoms with Gasteiger partial charge in [0.1, 0.15) is 0 Å². The summed E-state index contributed by atoms with van der Waals surface area (Å²) in [5.74, 6) is 0.440. The van der Waals surface area contributed by atoms with Gasteiger partial charge in [0, 0.05) is 0 Å². The maximum absolute atomic E-state index is 13.8. The van der Waals surface area contributed by atoms with E-state index in [2.05, 4.69) is 13.0 Å². The maximum Gasteiger partial charge on any atom is 0.184 e. The molecule has 1 aromatic rings. The normalized spacial score (nSPS) is 20.0. The van der Waals surface area contributed by atoms with Crippen molar-refractivity contribution in [2.24, 2.45) is 5.92 Å². The summed E-state index contributed by atoms with van der Waals surface area (Å²) >= 11 is 6.05. The lowest BCUT2D eigenvalue weighted by Crippen LogP contribution is -2.02. The van der Waals surface area contributed by atoms with Crippen LogP contribution in [0.5, 0.6) is 5.75 Å². The molecule has 0 spiro atoms. The van der Waals surface area contributed by atoms with Gasteiger partial charge in [0.15, 0.2) is 11.6 Å². The molecule has 0 bridgehead atoms. The fourth-order valence-corrected chi connectivity index (χ4v) is 2.42. The van der Waals surface area contributed by atoms with Gasteiger partial charge in [-0.15, -0.1) is 0 Å². The highest BCUT2D eigenvalue weighted by atomic mass is 35.5. The zero-order valence-corrected chi connectivity index (χ0v) is 10.9. The van der Waals surface area contributed by atoms with Crippen molar-refractivity contribution in [2.45, 2.75) is 26.2 Å². The smallest absolute Gasteiger partial charge is 0.184 e. The van der Waals surface area contributed by atoms with E-state index in [4.69, 9.17) is 16.3 Å². The molecule has 0 N–H and O–H groups in total. The van der Waals surface area contributed by atoms with Gasteiger partial charge in [-0.05, 0) is 48.4 Å². The van der Waals surface area contributed by atoms with Crippen molar-refractivity contribution in [3.63, 3.8) is 0 Å². The van der Waals surface area contributed by atoms with E-state index in [1.807, 2.05) is 6.07 Å². The third-order valence-corrected chi connectivity index (χ3v) is 3.66. The van der Waals surface area contributed by atoms with Crippen molar-refractivity contribution in [3.05, 3.63) is 34.6 Å². The van der Waals surface area contributed by atoms with E-state index in [0.717, 1.165) is 30.4 Å². The molecule has 0 heterocycles. The van der Waals surface area contributed by atoms with Crippen LogP contribution >= 0.6 is 11.6 Å². The Hall–Kier alpha value is -1.02. The molecule has 1 aromatic carbocycles. The molecule has 1 aliphatic carbocycles. The topological polar surface area (TPSA) is 9.23 Å². The molecule has 0 aromatic heterocycles. The van der Waals surface area contributed by atoms with Crippen LogP contribution in [0.3, 0.4) is 0 Å². The van der Waals surface area contributed by atoms with Crippen molar-refractivity contribution in [1.29, 1.82) is 0 Å². The molecule has 2 rings (SSSR count). The summed E-state index contributed by atoms with van der Waals surface area (Å²) in [6.07, 6.45) is 5.31. The van der Waals surface area contributed by atoms with Crippen molar-refractivity contribution in [2.75, 3.05) is 7.11 Å². The van der Waals surface area contributed by atoms with Gasteiger partial charge in [0.2, 0.25) is 0 Å². The summed E-state index contributed by atoms with van der Waals surface area (Å²) in [5.41, 5.74) is 1.95. The second-order valence-electron chi connectivity index (χ2n) is 4.55. The number of ether oxygens (including phenoxy) is 1. The Morgan fingerprint density at radius 1 is 1.41 bits per heavy atom. The average Bonchev–Trinajstić information content (AvgIpc) is 2.34. The Balaban J connectivity index is 2.37. The number of methoxy groups -OCH3 is 1. The molecular weight excluding hydrogens is 239 g/mol. The predicted molar refractivity (Wildman–Crippen MR) is 69.0 cm³/mol. The van der Waals surface area contributed by atoms with Crippen LogP contribution in [0, 0.1) is 11.7 Å². The van der Waals surface area contributed by atoms with Crippen LogP contribution in [-0.4, -0.2) is 7.11 Å². The van der Waals surface area contributed by atoms with Gasteiger partial charge in [-0.25, -0.2) is 4.39 Å². The van der Waals surface area contributed by atoms with E-state index >= 15 is 0 Å². The molecule has 0 radical (unpaired) electrons. The van der Waals surface area contributed by atoms with Gasteiger partial charge in [0.05, 0.1) is 12.1 Å². The quantitative estimate of drug-likeness (QED) is 0.744. The van der Waals surface area contributed by atoms with E-state index in [-0.39, 0.29) is 10.8 Å². The summed E-state index contributed by atoms with van der Waals surface area (Å²) in [4.78, 5) is 0. The Morgan fingerprint density at radius 2 is 2.18 bits per heavy atom. The molecule has 1 atom stereocenters. The number of hydrogen-bond donors (Lipinski definition) is 0. The number of hydrogen-bond acceptors (Lipinski definition) is 1. The molecule has 0 amide bonds. The van der Waals surface area contributed by atoms with Crippen LogP contribution in [0.2, 0.25) is 5.02 Å². The van der Waals surface area contributed by atoms with Gasteiger partial charge in [0.25, 0.3) is 0 Å². The molecule has 17 heavy (non-hydrogen) atoms. The Labute approximate surface area is 106 Å². The van der Waals surface area contributed by atoms with E-state index in [1.54, 1.807) is 6.07 Å². The fraction of sp³-hybridized carbons (Fsp3) is 0.429. The summed E-state index contributed by atoms with van der Waals surface area (Å²) in [7, 11) is 1.44. The van der Waals surface area contributed by atoms with E-state index in [1.165, 1.54) is 7.11 Å². The Bertz CT molecular complexity index is 454. The second kappa shape index (κ2) is 5.09. The molecule has 1 nitrogen and oxygen atoms in total. The first-order valence-electron chi connectivity index (χ1n) is 5.85. The highest BCUT2D eigenvalue weighted by Crippen LogP contribution is 2.37. The second-order valence-corrected chi connectivity index (χ2v) is 4.93. The number of allylic oxidation sites excluding steroid dienone is 2. The van der Waals surface area contributed by atoms with Crippen LogP contribution in [0.25, 0.3) is 5.57 Å². The number of benzene rings is 1. The molecule has 3 heteroatoms. The lowest BCUT2D eigenvalue weighted by atomic mass is 9.87. The van der Waals surface area contributed by atoms with Crippen molar-refractivity contribution < 1.29 is 9.13 Å². The van der Waals surface area contributed by atoms with E-state index < -0.39 is 5.82 Å². The minimum Gasteiger partial charge on any atom is -0.494 e. The van der Waals surface area contributed by atoms with Gasteiger partial charge in [-0.2, -0.15) is 0 Å². The van der Waals surface area contributed by atoms with Crippen LogP contribution in [0.15, 0.2) is 18.2 Å². The average molecular weight is 255 g/mol. The van der Waals surface area contributed by atoms with Crippen molar-refractivity contribution in [3.8, 4) is 5.75 Å². The third-order valence-electron chi connectivity index (χ3n) is 3.29. The largest absolute Gasteiger partial charge is 0.494 e. The molecule has 1 unspecified atom stereocenters. The van der Waals surface area contributed by atoms with E-state index in [9.17, 15) is 4.39 Å². The predicted octanol–water partition coefficient (Wildman–Crippen LogP) is 4.69. The maximum atomic E-state index is 13.8. The van der Waals surface area contributed by atoms with Crippen molar-refractivity contribution in [1.82, 2.24) is 0 Å². The molecule has 0 fully saturated rings. The molecular formula is C14H16ClFO. The first kappa shape index (κ1) is 12.4. The van der Waals surface area contributed by atoms with Gasteiger partial charge in [-0.3, -0.25) is 0 Å². The van der Waals surface area contributed by atoms with Crippen LogP contribution < -0.4 is 4.74 Å². The zero-order valence-electron chi connectivity index (χ0n) is 10.1. The monoisotopic (exact) mass is 254 g/mol. The first-order valence-corrected chi connectivity index (χ1v) is 6.22. The van der Waals surface area contributed by atoms with Crippen molar-refractivity contribution >= 4 is 17.2 Å². The molecule has 0 saturated carbocycles. The highest BCUT2D eigenvalue weighted by molar-refractivity contribution is 6.32. The van der Waals surface area contributed by atoms with E-state index in [0.29, 0.717) is 5.92 Å². The lowest BCUT2D eigenvalue weighted by Gasteiger charge is -2.19. The molecule has 0 saturated heterocycles. The molecule has 92 valence electrons. The minimum absolute atomic E-state index is 0.171.